The van der Waals surface area contributed by atoms with Gasteiger partial charge in [-0.3, -0.25) is 4.90 Å². The Hall–Kier alpha value is -2.83. The fourth-order valence-corrected chi connectivity index (χ4v) is 7.10. The number of halogens is 2. The van der Waals surface area contributed by atoms with Crippen molar-refractivity contribution in [2.24, 2.45) is 0 Å². The molecule has 2 atom stereocenters. The van der Waals surface area contributed by atoms with Crippen LogP contribution in [0.1, 0.15) is 43.0 Å². The summed E-state index contributed by atoms with van der Waals surface area (Å²) >= 11 is 4.70. The van der Waals surface area contributed by atoms with Crippen molar-refractivity contribution in [3.63, 3.8) is 0 Å². The van der Waals surface area contributed by atoms with Crippen LogP contribution in [0, 0.1) is 7.14 Å². The molecule has 0 unspecified atom stereocenters. The molecule has 5 rings (SSSR count). The van der Waals surface area contributed by atoms with Crippen molar-refractivity contribution in [2.75, 3.05) is 20.1 Å². The number of likely N-dealkylation sites (N-methyl/N-ethyl adjacent to an activating group) is 1. The highest BCUT2D eigenvalue weighted by atomic mass is 127. The van der Waals surface area contributed by atoms with Crippen molar-refractivity contribution in [3.05, 3.63) is 126 Å². The number of benzene rings is 4. The number of ether oxygens (including phenoxy) is 3. The highest BCUT2D eigenvalue weighted by Crippen LogP contribution is 2.29. The normalized spacial score (nSPS) is 17.0. The second-order valence-corrected chi connectivity index (χ2v) is 15.2. The molecule has 0 bridgehead atoms. The summed E-state index contributed by atoms with van der Waals surface area (Å²) in [6.07, 6.45) is 1.30. The van der Waals surface area contributed by atoms with Crippen molar-refractivity contribution in [3.8, 4) is 11.5 Å². The van der Waals surface area contributed by atoms with E-state index in [1.165, 1.54) is 11.1 Å². The molecular formula is C38H42I2N2O4. The molecule has 4 aromatic rings. The Morgan fingerprint density at radius 2 is 1.17 bits per heavy atom. The molecule has 1 saturated heterocycles. The Labute approximate surface area is 300 Å². The number of carbonyl (C=O) groups is 1. The van der Waals surface area contributed by atoms with E-state index in [-0.39, 0.29) is 18.2 Å². The van der Waals surface area contributed by atoms with Crippen LogP contribution >= 0.6 is 45.2 Å². The Morgan fingerprint density at radius 3 is 1.63 bits per heavy atom. The fraction of sp³-hybridized carbons (Fsp3) is 0.342. The average molecular weight is 845 g/mol. The fourth-order valence-electron chi connectivity index (χ4n) is 5.63. The van der Waals surface area contributed by atoms with E-state index in [0.29, 0.717) is 19.8 Å². The van der Waals surface area contributed by atoms with E-state index in [2.05, 4.69) is 112 Å². The highest BCUT2D eigenvalue weighted by Gasteiger charge is 2.37. The van der Waals surface area contributed by atoms with Crippen LogP contribution in [-0.4, -0.2) is 53.7 Å². The predicted molar refractivity (Wildman–Crippen MR) is 200 cm³/mol. The van der Waals surface area contributed by atoms with Gasteiger partial charge in [0, 0.05) is 19.1 Å². The average Bonchev–Trinajstić information content (AvgIpc) is 3.01. The first-order valence-corrected chi connectivity index (χ1v) is 17.8. The molecule has 242 valence electrons. The molecule has 6 nitrogen and oxygen atoms in total. The molecule has 1 fully saturated rings. The first kappa shape index (κ1) is 34.5. The van der Waals surface area contributed by atoms with Crippen LogP contribution in [0.2, 0.25) is 0 Å². The molecule has 1 amide bonds. The number of hydrogen-bond acceptors (Lipinski definition) is 5. The lowest BCUT2D eigenvalue weighted by Crippen LogP contribution is -2.60. The molecule has 0 radical (unpaired) electrons. The maximum Gasteiger partial charge on any atom is 0.410 e. The first-order chi connectivity index (χ1) is 22.0. The van der Waals surface area contributed by atoms with Gasteiger partial charge >= 0.3 is 6.09 Å². The number of hydrogen-bond donors (Lipinski definition) is 0. The van der Waals surface area contributed by atoms with Crippen molar-refractivity contribution < 1.29 is 19.0 Å². The monoisotopic (exact) mass is 844 g/mol. The second kappa shape index (κ2) is 15.8. The predicted octanol–water partition coefficient (Wildman–Crippen LogP) is 8.76. The summed E-state index contributed by atoms with van der Waals surface area (Å²) in [6.45, 7) is 8.18. The Bertz CT molecular complexity index is 1590. The zero-order valence-electron chi connectivity index (χ0n) is 26.9. The number of nitrogens with zero attached hydrogens (tertiary/aromatic N) is 2. The van der Waals surface area contributed by atoms with Crippen LogP contribution in [-0.2, 0) is 30.8 Å². The van der Waals surface area contributed by atoms with E-state index in [0.717, 1.165) is 49.2 Å². The van der Waals surface area contributed by atoms with E-state index in [4.69, 9.17) is 14.2 Å². The van der Waals surface area contributed by atoms with Crippen molar-refractivity contribution in [2.45, 2.75) is 64.5 Å². The SMILES string of the molecule is CN1C[C@H](Cc2ccc(OCc3ccccc3)c(I)c2)N(C(=O)OC(C)(C)C)C[C@@H]1Cc1ccc(OCc2ccccc2)c(I)c1. The minimum absolute atomic E-state index is 0.0168. The smallest absolute Gasteiger partial charge is 0.410 e. The molecule has 8 heteroatoms. The Morgan fingerprint density at radius 1 is 0.696 bits per heavy atom. The zero-order valence-corrected chi connectivity index (χ0v) is 31.2. The van der Waals surface area contributed by atoms with Crippen LogP contribution in [0.4, 0.5) is 4.79 Å². The summed E-state index contributed by atoms with van der Waals surface area (Å²) in [7, 11) is 2.16. The van der Waals surface area contributed by atoms with Gasteiger partial charge in [0.2, 0.25) is 0 Å². The minimum atomic E-state index is -0.570. The number of carbonyl (C=O) groups excluding carboxylic acids is 1. The number of piperazine rings is 1. The lowest BCUT2D eigenvalue weighted by atomic mass is 9.96. The summed E-state index contributed by atoms with van der Waals surface area (Å²) in [6, 6.07) is 33.3. The van der Waals surface area contributed by atoms with Gasteiger partial charge in [0.15, 0.2) is 0 Å². The van der Waals surface area contributed by atoms with Gasteiger partial charge in [-0.1, -0.05) is 72.8 Å². The van der Waals surface area contributed by atoms with Gasteiger partial charge in [-0.15, -0.1) is 0 Å². The molecule has 4 aromatic carbocycles. The minimum Gasteiger partial charge on any atom is -0.488 e. The molecule has 1 aliphatic rings. The van der Waals surface area contributed by atoms with Crippen LogP contribution in [0.5, 0.6) is 11.5 Å². The third-order valence-electron chi connectivity index (χ3n) is 8.01. The van der Waals surface area contributed by atoms with E-state index < -0.39 is 5.60 Å². The van der Waals surface area contributed by atoms with Crippen LogP contribution in [0.3, 0.4) is 0 Å². The topological polar surface area (TPSA) is 51.2 Å². The Balaban J connectivity index is 1.26. The molecule has 1 aliphatic heterocycles. The molecule has 0 saturated carbocycles. The Kier molecular flexibility index (Phi) is 11.9. The largest absolute Gasteiger partial charge is 0.488 e. The molecule has 1 heterocycles. The summed E-state index contributed by atoms with van der Waals surface area (Å²) in [4.78, 5) is 17.9. The number of rotatable bonds is 10. The lowest BCUT2D eigenvalue weighted by molar-refractivity contribution is -0.0107. The van der Waals surface area contributed by atoms with Gasteiger partial charge in [0.1, 0.15) is 30.3 Å². The summed E-state index contributed by atoms with van der Waals surface area (Å²) in [5.74, 6) is 1.75. The summed E-state index contributed by atoms with van der Waals surface area (Å²) < 4.78 is 20.3. The maximum atomic E-state index is 13.6. The highest BCUT2D eigenvalue weighted by molar-refractivity contribution is 14.1. The van der Waals surface area contributed by atoms with Gasteiger partial charge < -0.3 is 19.1 Å². The van der Waals surface area contributed by atoms with Gasteiger partial charge in [-0.2, -0.15) is 0 Å². The van der Waals surface area contributed by atoms with E-state index in [9.17, 15) is 4.79 Å². The van der Waals surface area contributed by atoms with Crippen LogP contribution in [0.25, 0.3) is 0 Å². The van der Waals surface area contributed by atoms with Crippen LogP contribution in [0.15, 0.2) is 97.1 Å². The van der Waals surface area contributed by atoms with Gasteiger partial charge in [0.25, 0.3) is 0 Å². The van der Waals surface area contributed by atoms with Gasteiger partial charge in [0.05, 0.1) is 13.2 Å². The van der Waals surface area contributed by atoms with Crippen molar-refractivity contribution in [1.29, 1.82) is 0 Å². The molecule has 0 aliphatic carbocycles. The third-order valence-corrected chi connectivity index (χ3v) is 9.69. The maximum absolute atomic E-state index is 13.6. The molecular weight excluding hydrogens is 802 g/mol. The van der Waals surface area contributed by atoms with Crippen LogP contribution < -0.4 is 9.47 Å². The summed E-state index contributed by atoms with van der Waals surface area (Å²) in [5, 5.41) is 0. The van der Waals surface area contributed by atoms with E-state index >= 15 is 0 Å². The van der Waals surface area contributed by atoms with E-state index in [1.807, 2.05) is 68.1 Å². The van der Waals surface area contributed by atoms with Gasteiger partial charge in [-0.05, 0) is 132 Å². The van der Waals surface area contributed by atoms with Crippen molar-refractivity contribution in [1.82, 2.24) is 9.80 Å². The molecule has 46 heavy (non-hydrogen) atoms. The molecule has 0 aromatic heterocycles. The van der Waals surface area contributed by atoms with E-state index in [1.54, 1.807) is 0 Å². The standard InChI is InChI=1S/C38H42I2N2O4/c1-38(2,3)46-37(43)42-24-31(19-29-15-17-35(33(39)21-29)44-25-27-11-7-5-8-12-27)41(4)23-32(42)20-30-16-18-36(34(40)22-30)45-26-28-13-9-6-10-14-28/h5-18,21-22,31-32H,19-20,23-26H2,1-4H3/t31-,32-/m0/s1. The summed E-state index contributed by atoms with van der Waals surface area (Å²) in [5.41, 5.74) is 4.10. The third kappa shape index (κ3) is 9.84. The lowest BCUT2D eigenvalue weighted by Gasteiger charge is -2.45. The number of amides is 1. The second-order valence-electron chi connectivity index (χ2n) is 12.9. The molecule has 0 N–H and O–H groups in total. The van der Waals surface area contributed by atoms with Crippen molar-refractivity contribution >= 4 is 51.3 Å². The zero-order chi connectivity index (χ0) is 32.7. The first-order valence-electron chi connectivity index (χ1n) is 15.6. The van der Waals surface area contributed by atoms with Gasteiger partial charge in [-0.25, -0.2) is 4.79 Å². The molecule has 0 spiro atoms. The quantitative estimate of drug-likeness (QED) is 0.150.